The van der Waals surface area contributed by atoms with Gasteiger partial charge in [0, 0.05) is 42.3 Å². The predicted molar refractivity (Wildman–Crippen MR) is 119 cm³/mol. The summed E-state index contributed by atoms with van der Waals surface area (Å²) in [6.07, 6.45) is 6.88. The van der Waals surface area contributed by atoms with Gasteiger partial charge in [0.1, 0.15) is 11.6 Å². The first-order valence-electron chi connectivity index (χ1n) is 10.6. The maximum absolute atomic E-state index is 14.3. The van der Waals surface area contributed by atoms with Crippen molar-refractivity contribution in [2.45, 2.75) is 52.0 Å². The molecule has 3 nitrogen and oxygen atoms in total. The zero-order chi connectivity index (χ0) is 19.9. The molecular formula is C23H31BrFN3. The van der Waals surface area contributed by atoms with Crippen LogP contribution >= 0.6 is 15.9 Å². The Morgan fingerprint density at radius 1 is 0.964 bits per heavy atom. The van der Waals surface area contributed by atoms with E-state index in [-0.39, 0.29) is 5.82 Å². The van der Waals surface area contributed by atoms with E-state index in [9.17, 15) is 4.39 Å². The number of hydrogen-bond acceptors (Lipinski definition) is 3. The van der Waals surface area contributed by atoms with Crippen molar-refractivity contribution in [3.8, 4) is 11.3 Å². The highest BCUT2D eigenvalue weighted by atomic mass is 79.9. The molecule has 0 unspecified atom stereocenters. The Labute approximate surface area is 177 Å². The number of aromatic nitrogens is 1. The molecule has 0 spiro atoms. The summed E-state index contributed by atoms with van der Waals surface area (Å²) in [5.41, 5.74) is 1.25. The third-order valence-corrected chi connectivity index (χ3v) is 6.16. The number of nitrogens with zero attached hydrogens (tertiary/aromatic N) is 3. The molecule has 1 aromatic carbocycles. The maximum Gasteiger partial charge on any atom is 0.133 e. The number of hydrogen-bond donors (Lipinski definition) is 0. The fraction of sp³-hybridized carbons (Fsp3) is 0.522. The Morgan fingerprint density at radius 2 is 1.68 bits per heavy atom. The van der Waals surface area contributed by atoms with Crippen molar-refractivity contribution in [1.29, 1.82) is 0 Å². The van der Waals surface area contributed by atoms with Gasteiger partial charge in [-0.25, -0.2) is 9.37 Å². The summed E-state index contributed by atoms with van der Waals surface area (Å²) in [7, 11) is 0. The van der Waals surface area contributed by atoms with E-state index in [0.717, 1.165) is 42.5 Å². The van der Waals surface area contributed by atoms with Gasteiger partial charge in [0.15, 0.2) is 0 Å². The first-order chi connectivity index (χ1) is 13.7. The Hall–Kier alpha value is -1.46. The third kappa shape index (κ3) is 5.12. The molecule has 4 rings (SSSR count). The second-order valence-corrected chi connectivity index (χ2v) is 8.24. The Kier molecular flexibility index (Phi) is 7.86. The van der Waals surface area contributed by atoms with Crippen LogP contribution in [0.5, 0.6) is 0 Å². The number of pyridine rings is 1. The van der Waals surface area contributed by atoms with Gasteiger partial charge in [-0.1, -0.05) is 55.1 Å². The minimum Gasteiger partial charge on any atom is -0.354 e. The van der Waals surface area contributed by atoms with E-state index in [1.54, 1.807) is 6.07 Å². The Bertz CT molecular complexity index is 753. The number of anilines is 1. The minimum atomic E-state index is -0.244. The van der Waals surface area contributed by atoms with E-state index in [1.165, 1.54) is 38.2 Å². The summed E-state index contributed by atoms with van der Waals surface area (Å²) < 4.78 is 15.0. The van der Waals surface area contributed by atoms with Crippen LogP contribution in [-0.4, -0.2) is 42.1 Å². The van der Waals surface area contributed by atoms with Crippen molar-refractivity contribution in [2.75, 3.05) is 31.1 Å². The molecule has 152 valence electrons. The maximum atomic E-state index is 14.3. The van der Waals surface area contributed by atoms with Crippen LogP contribution in [0.1, 0.15) is 46.0 Å². The van der Waals surface area contributed by atoms with E-state index >= 15 is 0 Å². The van der Waals surface area contributed by atoms with Gasteiger partial charge in [0.2, 0.25) is 0 Å². The van der Waals surface area contributed by atoms with E-state index in [2.05, 4.69) is 25.7 Å². The summed E-state index contributed by atoms with van der Waals surface area (Å²) in [4.78, 5) is 9.74. The smallest absolute Gasteiger partial charge is 0.133 e. The minimum absolute atomic E-state index is 0.244. The van der Waals surface area contributed by atoms with Gasteiger partial charge in [-0.2, -0.15) is 0 Å². The number of piperazine rings is 1. The number of rotatable bonds is 3. The van der Waals surface area contributed by atoms with Crippen LogP contribution in [-0.2, 0) is 0 Å². The van der Waals surface area contributed by atoms with Gasteiger partial charge in [-0.05, 0) is 43.2 Å². The van der Waals surface area contributed by atoms with Crippen molar-refractivity contribution in [3.63, 3.8) is 0 Å². The van der Waals surface area contributed by atoms with Crippen LogP contribution in [0.15, 0.2) is 40.9 Å². The summed E-state index contributed by atoms with van der Waals surface area (Å²) in [5, 5.41) is 0. The Morgan fingerprint density at radius 3 is 2.36 bits per heavy atom. The van der Waals surface area contributed by atoms with E-state index < -0.39 is 0 Å². The predicted octanol–water partition coefficient (Wildman–Crippen LogP) is 6.13. The van der Waals surface area contributed by atoms with E-state index in [4.69, 9.17) is 4.98 Å². The molecule has 0 atom stereocenters. The van der Waals surface area contributed by atoms with Gasteiger partial charge in [-0.3, -0.25) is 4.90 Å². The number of halogens is 2. The lowest BCUT2D eigenvalue weighted by atomic mass is 9.94. The standard InChI is InChI=1S/C21H25BrFN3.C2H6/c22-16-9-10-18(19(23)15-16)20-7-4-8-21(24-20)26-13-11-25(12-14-26)17-5-2-1-3-6-17;1-2/h4,7-10,15,17H,1-3,5-6,11-14H2;1-2H3. The molecular weight excluding hydrogens is 417 g/mol. The fourth-order valence-corrected chi connectivity index (χ4v) is 4.54. The molecule has 2 fully saturated rings. The largest absolute Gasteiger partial charge is 0.354 e. The highest BCUT2D eigenvalue weighted by Crippen LogP contribution is 2.27. The molecule has 5 heteroatoms. The molecule has 1 saturated heterocycles. The molecule has 1 aliphatic carbocycles. The topological polar surface area (TPSA) is 19.4 Å². The highest BCUT2D eigenvalue weighted by molar-refractivity contribution is 9.10. The lowest BCUT2D eigenvalue weighted by Crippen LogP contribution is -2.51. The lowest BCUT2D eigenvalue weighted by Gasteiger charge is -2.41. The molecule has 0 bridgehead atoms. The SMILES string of the molecule is CC.Fc1cc(Br)ccc1-c1cccc(N2CCN(C3CCCCC3)CC2)n1. The molecule has 0 N–H and O–H groups in total. The molecule has 2 aromatic rings. The van der Waals surface area contributed by atoms with Crippen molar-refractivity contribution in [3.05, 3.63) is 46.7 Å². The second-order valence-electron chi connectivity index (χ2n) is 7.32. The number of benzene rings is 1. The van der Waals surface area contributed by atoms with Crippen molar-refractivity contribution in [1.82, 2.24) is 9.88 Å². The molecule has 1 aromatic heterocycles. The van der Waals surface area contributed by atoms with Gasteiger partial charge in [-0.15, -0.1) is 0 Å². The third-order valence-electron chi connectivity index (χ3n) is 5.67. The normalized spacial score (nSPS) is 18.5. The zero-order valence-electron chi connectivity index (χ0n) is 17.0. The summed E-state index contributed by atoms with van der Waals surface area (Å²) in [6, 6.07) is 11.8. The molecule has 0 radical (unpaired) electrons. The average molecular weight is 448 g/mol. The van der Waals surface area contributed by atoms with Crippen molar-refractivity contribution in [2.24, 2.45) is 0 Å². The first kappa shape index (κ1) is 21.3. The van der Waals surface area contributed by atoms with Crippen LogP contribution in [0.2, 0.25) is 0 Å². The lowest BCUT2D eigenvalue weighted by molar-refractivity contribution is 0.147. The van der Waals surface area contributed by atoms with Gasteiger partial charge in [0.05, 0.1) is 5.69 Å². The monoisotopic (exact) mass is 447 g/mol. The zero-order valence-corrected chi connectivity index (χ0v) is 18.6. The Balaban J connectivity index is 0.00000109. The van der Waals surface area contributed by atoms with Crippen LogP contribution in [0.4, 0.5) is 10.2 Å². The van der Waals surface area contributed by atoms with Gasteiger partial charge >= 0.3 is 0 Å². The summed E-state index contributed by atoms with van der Waals surface area (Å²) in [6.45, 7) is 8.19. The first-order valence-corrected chi connectivity index (χ1v) is 11.4. The molecule has 28 heavy (non-hydrogen) atoms. The van der Waals surface area contributed by atoms with E-state index in [0.29, 0.717) is 11.3 Å². The van der Waals surface area contributed by atoms with Crippen molar-refractivity contribution < 1.29 is 4.39 Å². The molecule has 1 aliphatic heterocycles. The van der Waals surface area contributed by atoms with E-state index in [1.807, 2.05) is 38.1 Å². The fourth-order valence-electron chi connectivity index (χ4n) is 4.21. The van der Waals surface area contributed by atoms with Crippen LogP contribution in [0.25, 0.3) is 11.3 Å². The quantitative estimate of drug-likeness (QED) is 0.563. The van der Waals surface area contributed by atoms with Crippen LogP contribution < -0.4 is 4.90 Å². The van der Waals surface area contributed by atoms with Crippen LogP contribution in [0.3, 0.4) is 0 Å². The summed E-state index contributed by atoms with van der Waals surface area (Å²) >= 11 is 3.31. The molecule has 0 amide bonds. The molecule has 2 heterocycles. The highest BCUT2D eigenvalue weighted by Gasteiger charge is 2.25. The molecule has 1 saturated carbocycles. The van der Waals surface area contributed by atoms with Crippen LogP contribution in [0, 0.1) is 5.82 Å². The van der Waals surface area contributed by atoms with Crippen molar-refractivity contribution >= 4 is 21.7 Å². The molecule has 2 aliphatic rings. The van der Waals surface area contributed by atoms with Gasteiger partial charge in [0.25, 0.3) is 0 Å². The second kappa shape index (κ2) is 10.4. The summed E-state index contributed by atoms with van der Waals surface area (Å²) in [5.74, 6) is 0.708. The average Bonchev–Trinajstić information content (AvgIpc) is 2.76. The van der Waals surface area contributed by atoms with Gasteiger partial charge < -0.3 is 4.90 Å².